The second-order valence-electron chi connectivity index (χ2n) is 18.9. The Hall–Kier alpha value is -2.37. The predicted octanol–water partition coefficient (Wildman–Crippen LogP) is 19.9. The van der Waals surface area contributed by atoms with Crippen molar-refractivity contribution in [3.8, 4) is 0 Å². The summed E-state index contributed by atoms with van der Waals surface area (Å²) in [6.07, 6.45) is 51.7. The summed E-state index contributed by atoms with van der Waals surface area (Å²) in [5.41, 5.74) is -0.738. The summed E-state index contributed by atoms with van der Waals surface area (Å²) in [6, 6.07) is 0. The Bertz CT molecular complexity index is 943. The number of carbonyl (C=O) groups is 3. The molecule has 0 aliphatic carbocycles. The number of hydrogen-bond acceptors (Lipinski definition) is 6. The van der Waals surface area contributed by atoms with Gasteiger partial charge in [0.05, 0.1) is 5.41 Å². The van der Waals surface area contributed by atoms with Crippen LogP contribution < -0.4 is 0 Å². The summed E-state index contributed by atoms with van der Waals surface area (Å²) in [5.74, 6) is -0.761. The Morgan fingerprint density at radius 2 is 0.515 bits per heavy atom. The van der Waals surface area contributed by atoms with E-state index in [0.29, 0.717) is 25.7 Å². The van der Waals surface area contributed by atoms with E-state index in [1.807, 2.05) is 25.2 Å². The minimum atomic E-state index is -0.738. The van der Waals surface area contributed by atoms with Gasteiger partial charge in [-0.1, -0.05) is 240 Å². The minimum absolute atomic E-state index is 0.0715. The SMILES string of the molecule is C=CCCCCCCCC.C=CCCCCCCCC(=O)OCC(CC)(COC(=O)CCCCCCC)COC(=O)CCCCCCCC=C.CCCCCCCC.CCCCCCCC. The summed E-state index contributed by atoms with van der Waals surface area (Å²) in [4.78, 5) is 37.3. The van der Waals surface area contributed by atoms with Crippen molar-refractivity contribution < 1.29 is 28.6 Å². The molecule has 0 aliphatic heterocycles. The van der Waals surface area contributed by atoms with Crippen molar-refractivity contribution in [3.63, 3.8) is 0 Å². The molecule has 0 rings (SSSR count). The third-order valence-corrected chi connectivity index (χ3v) is 12.1. The van der Waals surface area contributed by atoms with E-state index in [2.05, 4.69) is 61.3 Å². The molecule has 0 bridgehead atoms. The highest BCUT2D eigenvalue weighted by atomic mass is 16.6. The van der Waals surface area contributed by atoms with Gasteiger partial charge in [0.15, 0.2) is 0 Å². The molecule has 0 amide bonds. The van der Waals surface area contributed by atoms with E-state index < -0.39 is 5.41 Å². The fourth-order valence-electron chi connectivity index (χ4n) is 7.17. The first-order valence-corrected chi connectivity index (χ1v) is 28.5. The Kier molecular flexibility index (Phi) is 66.6. The van der Waals surface area contributed by atoms with Crippen LogP contribution in [0.15, 0.2) is 38.0 Å². The first-order chi connectivity index (χ1) is 32.2. The number of hydrogen-bond donors (Lipinski definition) is 0. The Morgan fingerprint density at radius 3 is 0.712 bits per heavy atom. The molecule has 0 saturated heterocycles. The fraction of sp³-hybridized carbons (Fsp3) is 0.850. The maximum Gasteiger partial charge on any atom is 0.305 e. The highest BCUT2D eigenvalue weighted by Gasteiger charge is 2.34. The van der Waals surface area contributed by atoms with Gasteiger partial charge in [-0.2, -0.15) is 0 Å². The quantitative estimate of drug-likeness (QED) is 0.0262. The highest BCUT2D eigenvalue weighted by molar-refractivity contribution is 5.70. The lowest BCUT2D eigenvalue weighted by molar-refractivity contribution is -0.162. The Morgan fingerprint density at radius 1 is 0.318 bits per heavy atom. The third-order valence-electron chi connectivity index (χ3n) is 12.1. The average Bonchev–Trinajstić information content (AvgIpc) is 3.33. The maximum atomic E-state index is 12.5. The topological polar surface area (TPSA) is 78.9 Å². The van der Waals surface area contributed by atoms with Gasteiger partial charge in [-0.05, 0) is 64.2 Å². The molecule has 0 aromatic rings. The molecule has 0 saturated carbocycles. The Labute approximate surface area is 413 Å². The van der Waals surface area contributed by atoms with Crippen LogP contribution in [0.25, 0.3) is 0 Å². The molecule has 0 heterocycles. The molecule has 6 nitrogen and oxygen atoms in total. The van der Waals surface area contributed by atoms with Gasteiger partial charge in [-0.25, -0.2) is 0 Å². The van der Waals surface area contributed by atoms with Crippen LogP contribution in [-0.2, 0) is 28.6 Å². The van der Waals surface area contributed by atoms with Crippen molar-refractivity contribution in [1.82, 2.24) is 0 Å². The summed E-state index contributed by atoms with van der Waals surface area (Å²) in [7, 11) is 0. The van der Waals surface area contributed by atoms with Crippen molar-refractivity contribution >= 4 is 17.9 Å². The Balaban J connectivity index is -0.000000590. The van der Waals surface area contributed by atoms with Crippen LogP contribution in [0.1, 0.15) is 305 Å². The van der Waals surface area contributed by atoms with Crippen LogP contribution in [-0.4, -0.2) is 37.7 Å². The van der Waals surface area contributed by atoms with E-state index in [1.165, 1.54) is 128 Å². The average molecular weight is 934 g/mol. The predicted molar refractivity (Wildman–Crippen MR) is 290 cm³/mol. The number of unbranched alkanes of at least 4 members (excludes halogenated alkanes) is 30. The van der Waals surface area contributed by atoms with E-state index in [1.54, 1.807) is 0 Å². The zero-order valence-electron chi connectivity index (χ0n) is 45.7. The lowest BCUT2D eigenvalue weighted by Crippen LogP contribution is -2.39. The molecular formula is C60H116O6. The van der Waals surface area contributed by atoms with E-state index in [9.17, 15) is 14.4 Å². The normalized spacial score (nSPS) is 10.6. The van der Waals surface area contributed by atoms with E-state index in [-0.39, 0.29) is 37.7 Å². The van der Waals surface area contributed by atoms with Gasteiger partial charge in [0.1, 0.15) is 19.8 Å². The van der Waals surface area contributed by atoms with E-state index >= 15 is 0 Å². The van der Waals surface area contributed by atoms with Crippen LogP contribution in [0.4, 0.5) is 0 Å². The molecule has 392 valence electrons. The largest absolute Gasteiger partial charge is 0.465 e. The van der Waals surface area contributed by atoms with E-state index in [4.69, 9.17) is 14.2 Å². The molecule has 0 radical (unpaired) electrons. The standard InChI is InChI=1S/C34H60O6.C10H20.2C8H18/c1-5-9-12-15-17-20-23-26-32(36)39-29-34(8-4,28-38-31(35)25-22-19-14-11-7-3)30-40-33(37)27-24-21-18-16-13-10-6-2;1-3-5-7-9-10-8-6-4-2;2*1-3-5-7-8-6-4-2/h5-6H,1-2,7-30H2,3-4H3;3H,1,4-10H2,2H3;2*3-8H2,1-2H3. The first kappa shape index (κ1) is 70.2. The monoisotopic (exact) mass is 933 g/mol. The smallest absolute Gasteiger partial charge is 0.305 e. The van der Waals surface area contributed by atoms with Gasteiger partial charge < -0.3 is 14.2 Å². The number of allylic oxidation sites excluding steroid dienone is 3. The van der Waals surface area contributed by atoms with Crippen LogP contribution in [0, 0.1) is 5.41 Å². The second-order valence-corrected chi connectivity index (χ2v) is 18.9. The van der Waals surface area contributed by atoms with Crippen LogP contribution in [0.3, 0.4) is 0 Å². The minimum Gasteiger partial charge on any atom is -0.465 e. The van der Waals surface area contributed by atoms with Crippen molar-refractivity contribution in [2.24, 2.45) is 5.41 Å². The summed E-state index contributed by atoms with van der Waals surface area (Å²) in [6.45, 7) is 26.8. The fourth-order valence-corrected chi connectivity index (χ4v) is 7.17. The van der Waals surface area contributed by atoms with Crippen molar-refractivity contribution in [3.05, 3.63) is 38.0 Å². The zero-order chi connectivity index (χ0) is 49.9. The van der Waals surface area contributed by atoms with Gasteiger partial charge in [0.25, 0.3) is 0 Å². The third kappa shape index (κ3) is 61.6. The molecule has 6 heteroatoms. The second kappa shape index (κ2) is 62.6. The van der Waals surface area contributed by atoms with Crippen LogP contribution in [0.5, 0.6) is 0 Å². The number of rotatable bonds is 46. The van der Waals surface area contributed by atoms with Gasteiger partial charge in [0.2, 0.25) is 0 Å². The summed E-state index contributed by atoms with van der Waals surface area (Å²) < 4.78 is 16.9. The molecule has 0 atom stereocenters. The number of ether oxygens (including phenoxy) is 3. The van der Waals surface area contributed by atoms with Gasteiger partial charge in [0, 0.05) is 19.3 Å². The maximum absolute atomic E-state index is 12.5. The van der Waals surface area contributed by atoms with Crippen molar-refractivity contribution in [1.29, 1.82) is 0 Å². The molecule has 0 spiro atoms. The molecule has 0 aromatic heterocycles. The van der Waals surface area contributed by atoms with Crippen LogP contribution in [0.2, 0.25) is 0 Å². The van der Waals surface area contributed by atoms with Crippen molar-refractivity contribution in [2.45, 2.75) is 305 Å². The van der Waals surface area contributed by atoms with Gasteiger partial charge in [-0.3, -0.25) is 14.4 Å². The van der Waals surface area contributed by atoms with Crippen molar-refractivity contribution in [2.75, 3.05) is 19.8 Å². The van der Waals surface area contributed by atoms with Crippen LogP contribution >= 0.6 is 0 Å². The van der Waals surface area contributed by atoms with Gasteiger partial charge in [-0.15, -0.1) is 19.7 Å². The number of carbonyl (C=O) groups excluding carboxylic acids is 3. The number of esters is 3. The molecule has 0 N–H and O–H groups in total. The first-order valence-electron chi connectivity index (χ1n) is 28.5. The molecule has 66 heavy (non-hydrogen) atoms. The highest BCUT2D eigenvalue weighted by Crippen LogP contribution is 2.26. The molecule has 0 aromatic carbocycles. The van der Waals surface area contributed by atoms with Gasteiger partial charge >= 0.3 is 17.9 Å². The van der Waals surface area contributed by atoms with E-state index in [0.717, 1.165) is 103 Å². The summed E-state index contributed by atoms with van der Waals surface area (Å²) in [5, 5.41) is 0. The molecular weight excluding hydrogens is 817 g/mol. The summed E-state index contributed by atoms with van der Waals surface area (Å²) >= 11 is 0. The molecule has 0 fully saturated rings. The molecule has 0 aliphatic rings. The molecule has 0 unspecified atom stereocenters. The lowest BCUT2D eigenvalue weighted by Gasteiger charge is -2.31. The zero-order valence-corrected chi connectivity index (χ0v) is 45.7. The lowest BCUT2D eigenvalue weighted by atomic mass is 9.88.